The van der Waals surface area contributed by atoms with Gasteiger partial charge in [-0.2, -0.15) is 0 Å². The second kappa shape index (κ2) is 6.63. The van der Waals surface area contributed by atoms with E-state index < -0.39 is 0 Å². The minimum absolute atomic E-state index is 0.0232. The molecule has 1 rings (SSSR count). The van der Waals surface area contributed by atoms with Crippen LogP contribution in [0.3, 0.4) is 0 Å². The molecule has 1 heterocycles. The highest BCUT2D eigenvalue weighted by Crippen LogP contribution is 2.18. The Bertz CT molecular complexity index is 196. The molecule has 1 unspecified atom stereocenters. The molecular formula is C12H20O2. The van der Waals surface area contributed by atoms with E-state index in [1.54, 1.807) is 0 Å². The molecule has 0 radical (unpaired) electrons. The summed E-state index contributed by atoms with van der Waals surface area (Å²) in [5, 5.41) is 0. The van der Waals surface area contributed by atoms with Gasteiger partial charge in [-0.25, -0.2) is 0 Å². The fourth-order valence-electron chi connectivity index (χ4n) is 1.63. The van der Waals surface area contributed by atoms with Gasteiger partial charge in [0, 0.05) is 6.42 Å². The summed E-state index contributed by atoms with van der Waals surface area (Å²) >= 11 is 0. The van der Waals surface area contributed by atoms with Crippen molar-refractivity contribution in [2.45, 2.75) is 58.0 Å². The van der Waals surface area contributed by atoms with Gasteiger partial charge in [-0.3, -0.25) is 4.79 Å². The normalized spacial score (nSPS) is 21.8. The molecule has 0 spiro atoms. The van der Waals surface area contributed by atoms with Crippen LogP contribution in [0.1, 0.15) is 51.9 Å². The Hall–Kier alpha value is -0.790. The minimum Gasteiger partial charge on any atom is -0.462 e. The zero-order valence-corrected chi connectivity index (χ0v) is 9.00. The molecule has 0 amide bonds. The van der Waals surface area contributed by atoms with E-state index in [2.05, 4.69) is 19.1 Å². The highest BCUT2D eigenvalue weighted by molar-refractivity contribution is 5.71. The molecule has 1 aliphatic rings. The first-order valence-electron chi connectivity index (χ1n) is 5.67. The van der Waals surface area contributed by atoms with E-state index in [4.69, 9.17) is 4.74 Å². The summed E-state index contributed by atoms with van der Waals surface area (Å²) in [6.07, 6.45) is 11.9. The molecule has 0 bridgehead atoms. The van der Waals surface area contributed by atoms with E-state index in [0.29, 0.717) is 6.42 Å². The van der Waals surface area contributed by atoms with E-state index in [1.807, 2.05) is 0 Å². The molecule has 2 heteroatoms. The Morgan fingerprint density at radius 1 is 1.43 bits per heavy atom. The Morgan fingerprint density at radius 2 is 2.21 bits per heavy atom. The van der Waals surface area contributed by atoms with Gasteiger partial charge in [0.1, 0.15) is 6.10 Å². The summed E-state index contributed by atoms with van der Waals surface area (Å²) in [5.74, 6) is -0.0232. The van der Waals surface area contributed by atoms with E-state index in [9.17, 15) is 4.79 Å². The molecule has 0 aromatic heterocycles. The van der Waals surface area contributed by atoms with Crippen LogP contribution in [-0.4, -0.2) is 12.1 Å². The van der Waals surface area contributed by atoms with Crippen LogP contribution in [0.5, 0.6) is 0 Å². The molecule has 0 aliphatic carbocycles. The van der Waals surface area contributed by atoms with Crippen molar-refractivity contribution in [3.05, 3.63) is 12.2 Å². The average Bonchev–Trinajstić information content (AvgIpc) is 2.58. The quantitative estimate of drug-likeness (QED) is 0.370. The summed E-state index contributed by atoms with van der Waals surface area (Å²) in [6.45, 7) is 2.20. The Balaban J connectivity index is 1.98. The molecule has 1 fully saturated rings. The van der Waals surface area contributed by atoms with Gasteiger partial charge < -0.3 is 4.74 Å². The lowest BCUT2D eigenvalue weighted by atomic mass is 10.1. The number of hydrogen-bond donors (Lipinski definition) is 0. The van der Waals surface area contributed by atoms with Crippen LogP contribution >= 0.6 is 0 Å². The molecule has 80 valence electrons. The van der Waals surface area contributed by atoms with Gasteiger partial charge in [0.05, 0.1) is 0 Å². The van der Waals surface area contributed by atoms with Crippen LogP contribution in [0.4, 0.5) is 0 Å². The van der Waals surface area contributed by atoms with Crippen molar-refractivity contribution < 1.29 is 9.53 Å². The first-order valence-corrected chi connectivity index (χ1v) is 5.67. The van der Waals surface area contributed by atoms with E-state index in [0.717, 1.165) is 19.3 Å². The van der Waals surface area contributed by atoms with Gasteiger partial charge in [-0.15, -0.1) is 0 Å². The highest BCUT2D eigenvalue weighted by Gasteiger charge is 2.21. The number of cyclic esters (lactones) is 1. The van der Waals surface area contributed by atoms with Crippen LogP contribution in [0.15, 0.2) is 12.2 Å². The summed E-state index contributed by atoms with van der Waals surface area (Å²) in [4.78, 5) is 10.8. The van der Waals surface area contributed by atoms with E-state index in [-0.39, 0.29) is 12.1 Å². The van der Waals surface area contributed by atoms with Crippen molar-refractivity contribution in [1.82, 2.24) is 0 Å². The van der Waals surface area contributed by atoms with Crippen molar-refractivity contribution in [2.24, 2.45) is 0 Å². The zero-order chi connectivity index (χ0) is 10.2. The lowest BCUT2D eigenvalue weighted by Crippen LogP contribution is -2.05. The van der Waals surface area contributed by atoms with Crippen molar-refractivity contribution in [3.8, 4) is 0 Å². The van der Waals surface area contributed by atoms with Gasteiger partial charge in [0.2, 0.25) is 0 Å². The van der Waals surface area contributed by atoms with Crippen LogP contribution in [0.2, 0.25) is 0 Å². The van der Waals surface area contributed by atoms with E-state index >= 15 is 0 Å². The summed E-state index contributed by atoms with van der Waals surface area (Å²) in [5.41, 5.74) is 0. The topological polar surface area (TPSA) is 26.3 Å². The second-order valence-electron chi connectivity index (χ2n) is 3.84. The van der Waals surface area contributed by atoms with Gasteiger partial charge in [-0.05, 0) is 25.7 Å². The maximum absolute atomic E-state index is 10.8. The fourth-order valence-corrected chi connectivity index (χ4v) is 1.63. The number of allylic oxidation sites excluding steroid dienone is 2. The van der Waals surface area contributed by atoms with Crippen molar-refractivity contribution in [2.75, 3.05) is 0 Å². The number of carbonyl (C=O) groups excluding carboxylic acids is 1. The maximum atomic E-state index is 10.8. The van der Waals surface area contributed by atoms with Crippen molar-refractivity contribution in [1.29, 1.82) is 0 Å². The molecule has 0 N–H and O–H groups in total. The highest BCUT2D eigenvalue weighted by atomic mass is 16.5. The third-order valence-corrected chi connectivity index (χ3v) is 2.51. The Labute approximate surface area is 86.3 Å². The summed E-state index contributed by atoms with van der Waals surface area (Å²) in [7, 11) is 0. The molecule has 0 aromatic rings. The zero-order valence-electron chi connectivity index (χ0n) is 9.00. The average molecular weight is 196 g/mol. The predicted molar refractivity (Wildman–Crippen MR) is 57.0 cm³/mol. The van der Waals surface area contributed by atoms with Crippen molar-refractivity contribution >= 4 is 5.97 Å². The lowest BCUT2D eigenvalue weighted by Gasteiger charge is -2.05. The molecule has 14 heavy (non-hydrogen) atoms. The number of ether oxygens (including phenoxy) is 1. The monoisotopic (exact) mass is 196 g/mol. The van der Waals surface area contributed by atoms with Gasteiger partial charge in [-0.1, -0.05) is 31.9 Å². The molecule has 1 atom stereocenters. The first kappa shape index (κ1) is 11.3. The van der Waals surface area contributed by atoms with Gasteiger partial charge in [0.25, 0.3) is 0 Å². The number of esters is 1. The van der Waals surface area contributed by atoms with E-state index in [1.165, 1.54) is 19.3 Å². The SMILES string of the molecule is CCCCC=CCCC1CCC(=O)O1. The molecule has 1 aliphatic heterocycles. The smallest absolute Gasteiger partial charge is 0.306 e. The van der Waals surface area contributed by atoms with Crippen molar-refractivity contribution in [3.63, 3.8) is 0 Å². The van der Waals surface area contributed by atoms with Gasteiger partial charge >= 0.3 is 5.97 Å². The predicted octanol–water partition coefficient (Wildman–Crippen LogP) is 3.22. The largest absolute Gasteiger partial charge is 0.462 e. The lowest BCUT2D eigenvalue weighted by molar-refractivity contribution is -0.141. The Morgan fingerprint density at radius 3 is 2.86 bits per heavy atom. The van der Waals surface area contributed by atoms with Crippen LogP contribution in [-0.2, 0) is 9.53 Å². The number of hydrogen-bond acceptors (Lipinski definition) is 2. The molecule has 2 nitrogen and oxygen atoms in total. The standard InChI is InChI=1S/C12H20O2/c1-2-3-4-5-6-7-8-11-9-10-12(13)14-11/h5-6,11H,2-4,7-10H2,1H3. The van der Waals surface area contributed by atoms with Crippen LogP contribution < -0.4 is 0 Å². The second-order valence-corrected chi connectivity index (χ2v) is 3.84. The van der Waals surface area contributed by atoms with Crippen LogP contribution in [0.25, 0.3) is 0 Å². The first-order chi connectivity index (χ1) is 6.83. The summed E-state index contributed by atoms with van der Waals surface area (Å²) in [6, 6.07) is 0. The fraction of sp³-hybridized carbons (Fsp3) is 0.750. The molecule has 0 saturated carbocycles. The van der Waals surface area contributed by atoms with Gasteiger partial charge in [0.15, 0.2) is 0 Å². The maximum Gasteiger partial charge on any atom is 0.306 e. The molecule has 1 saturated heterocycles. The number of unbranched alkanes of at least 4 members (excludes halogenated alkanes) is 2. The third kappa shape index (κ3) is 4.45. The number of carbonyl (C=O) groups is 1. The Kier molecular flexibility index (Phi) is 5.35. The summed E-state index contributed by atoms with van der Waals surface area (Å²) < 4.78 is 5.12. The third-order valence-electron chi connectivity index (χ3n) is 2.51. The number of rotatable bonds is 6. The molecular weight excluding hydrogens is 176 g/mol. The minimum atomic E-state index is -0.0232. The molecule has 0 aromatic carbocycles. The van der Waals surface area contributed by atoms with Crippen LogP contribution in [0, 0.1) is 0 Å².